The van der Waals surface area contributed by atoms with E-state index in [1.807, 2.05) is 13.8 Å². The van der Waals surface area contributed by atoms with Gasteiger partial charge in [-0.25, -0.2) is 13.8 Å². The summed E-state index contributed by atoms with van der Waals surface area (Å²) in [5.74, 6) is -0.928. The summed E-state index contributed by atoms with van der Waals surface area (Å²) in [6.07, 6.45) is 2.59. The number of rotatable bonds is 11. The Hall–Kier alpha value is -4.97. The van der Waals surface area contributed by atoms with Crippen LogP contribution in [0, 0.1) is 11.6 Å². The molecule has 0 saturated heterocycles. The van der Waals surface area contributed by atoms with Crippen molar-refractivity contribution in [2.45, 2.75) is 26.3 Å². The summed E-state index contributed by atoms with van der Waals surface area (Å²) in [5, 5.41) is 14.9. The van der Waals surface area contributed by atoms with Gasteiger partial charge in [-0.2, -0.15) is 14.9 Å². The van der Waals surface area contributed by atoms with E-state index < -0.39 is 23.0 Å². The van der Waals surface area contributed by atoms with Gasteiger partial charge in [0.2, 0.25) is 0 Å². The maximum Gasteiger partial charge on any atom is 0.282 e. The zero-order valence-electron chi connectivity index (χ0n) is 22.2. The standard InChI is InChI=1S/C29H26F2N6O4/c1-3-40-16-17(2)34-28-26-25(11-12-32-27(26)35-36-28)41-24-9-4-18(14-22(24)31)15-23(38)21-10-13-33-37(29(21)39)20-7-5-19(30)6-8-20/h4-14,17H,3,15-16H2,1-2H3,(H2,32,34,35,36)/t17-/m0/s1. The molecule has 0 aliphatic carbocycles. The molecular formula is C29H26F2N6O4. The van der Waals surface area contributed by atoms with E-state index in [0.29, 0.717) is 47.1 Å². The zero-order chi connectivity index (χ0) is 28.9. The van der Waals surface area contributed by atoms with Crippen molar-refractivity contribution < 1.29 is 23.0 Å². The number of hydrogen-bond acceptors (Lipinski definition) is 8. The second kappa shape index (κ2) is 12.0. The molecule has 12 heteroatoms. The molecule has 10 nitrogen and oxygen atoms in total. The molecule has 0 aliphatic heterocycles. The summed E-state index contributed by atoms with van der Waals surface area (Å²) in [7, 11) is 0. The van der Waals surface area contributed by atoms with Crippen molar-refractivity contribution in [2.75, 3.05) is 18.5 Å². The number of ether oxygens (including phenoxy) is 2. The maximum atomic E-state index is 15.1. The summed E-state index contributed by atoms with van der Waals surface area (Å²) in [6, 6.07) is 12.1. The number of aromatic nitrogens is 5. The molecular weight excluding hydrogens is 534 g/mol. The Morgan fingerprint density at radius 2 is 1.88 bits per heavy atom. The first-order valence-electron chi connectivity index (χ1n) is 12.8. The molecule has 0 spiro atoms. The first-order chi connectivity index (χ1) is 19.8. The van der Waals surface area contributed by atoms with E-state index in [1.54, 1.807) is 12.1 Å². The summed E-state index contributed by atoms with van der Waals surface area (Å²) in [4.78, 5) is 30.1. The van der Waals surface area contributed by atoms with Gasteiger partial charge in [0.1, 0.15) is 17.0 Å². The number of fused-ring (bicyclic) bond motifs is 1. The van der Waals surface area contributed by atoms with Gasteiger partial charge in [0.15, 0.2) is 28.8 Å². The van der Waals surface area contributed by atoms with Crippen LogP contribution in [0.1, 0.15) is 29.8 Å². The third-order valence-electron chi connectivity index (χ3n) is 6.18. The average molecular weight is 561 g/mol. The number of pyridine rings is 1. The molecule has 0 aliphatic rings. The van der Waals surface area contributed by atoms with Gasteiger partial charge >= 0.3 is 0 Å². The molecule has 2 N–H and O–H groups in total. The van der Waals surface area contributed by atoms with Crippen molar-refractivity contribution in [3.8, 4) is 17.2 Å². The van der Waals surface area contributed by atoms with Crippen LogP contribution in [0.2, 0.25) is 0 Å². The van der Waals surface area contributed by atoms with Crippen LogP contribution in [0.25, 0.3) is 16.7 Å². The molecule has 2 aromatic carbocycles. The highest BCUT2D eigenvalue weighted by Gasteiger charge is 2.18. The van der Waals surface area contributed by atoms with Crippen molar-refractivity contribution >= 4 is 22.6 Å². The van der Waals surface area contributed by atoms with Crippen LogP contribution in [0.15, 0.2) is 71.8 Å². The van der Waals surface area contributed by atoms with Gasteiger partial charge < -0.3 is 14.8 Å². The minimum Gasteiger partial charge on any atom is -0.453 e. The van der Waals surface area contributed by atoms with Gasteiger partial charge in [-0.1, -0.05) is 6.07 Å². The minimum absolute atomic E-state index is 0.0525. The lowest BCUT2D eigenvalue weighted by atomic mass is 10.0. The van der Waals surface area contributed by atoms with E-state index in [4.69, 9.17) is 9.47 Å². The molecule has 0 saturated carbocycles. The number of nitrogens with zero attached hydrogens (tertiary/aromatic N) is 4. The molecule has 5 aromatic rings. The predicted molar refractivity (Wildman–Crippen MR) is 148 cm³/mol. The van der Waals surface area contributed by atoms with Gasteiger partial charge in [0.05, 0.1) is 17.9 Å². The fourth-order valence-electron chi connectivity index (χ4n) is 4.21. The van der Waals surface area contributed by atoms with Crippen molar-refractivity contribution in [1.82, 2.24) is 25.0 Å². The highest BCUT2D eigenvalue weighted by molar-refractivity contribution is 5.97. The first-order valence-corrected chi connectivity index (χ1v) is 12.8. The lowest BCUT2D eigenvalue weighted by Crippen LogP contribution is -2.27. The normalized spacial score (nSPS) is 11.9. The largest absolute Gasteiger partial charge is 0.453 e. The Morgan fingerprint density at radius 3 is 2.63 bits per heavy atom. The highest BCUT2D eigenvalue weighted by atomic mass is 19.1. The Bertz CT molecular complexity index is 1750. The van der Waals surface area contributed by atoms with Crippen LogP contribution in [0.5, 0.6) is 11.5 Å². The number of hydrogen-bond donors (Lipinski definition) is 2. The molecule has 0 fully saturated rings. The summed E-state index contributed by atoms with van der Waals surface area (Å²) >= 11 is 0. The topological polar surface area (TPSA) is 124 Å². The molecule has 5 rings (SSSR count). The monoisotopic (exact) mass is 560 g/mol. The molecule has 0 bridgehead atoms. The number of ketones is 1. The number of aromatic amines is 1. The fourth-order valence-corrected chi connectivity index (χ4v) is 4.21. The van der Waals surface area contributed by atoms with Crippen LogP contribution in [0.3, 0.4) is 0 Å². The van der Waals surface area contributed by atoms with Crippen LogP contribution < -0.4 is 15.6 Å². The third-order valence-corrected chi connectivity index (χ3v) is 6.18. The first kappa shape index (κ1) is 27.6. The molecule has 0 radical (unpaired) electrons. The maximum absolute atomic E-state index is 15.1. The molecule has 41 heavy (non-hydrogen) atoms. The quantitative estimate of drug-likeness (QED) is 0.220. The molecule has 3 heterocycles. The second-order valence-electron chi connectivity index (χ2n) is 9.21. The molecule has 1 atom stereocenters. The molecule has 0 amide bonds. The smallest absolute Gasteiger partial charge is 0.282 e. The van der Waals surface area contributed by atoms with Gasteiger partial charge in [-0.15, -0.1) is 0 Å². The number of H-pyrrole nitrogens is 1. The van der Waals surface area contributed by atoms with Gasteiger partial charge in [0, 0.05) is 37.5 Å². The number of carbonyl (C=O) groups is 1. The van der Waals surface area contributed by atoms with E-state index in [9.17, 15) is 14.0 Å². The zero-order valence-corrected chi connectivity index (χ0v) is 22.2. The summed E-state index contributed by atoms with van der Waals surface area (Å²) < 4.78 is 40.8. The van der Waals surface area contributed by atoms with Gasteiger partial charge in [-0.05, 0) is 61.9 Å². The average Bonchev–Trinajstić information content (AvgIpc) is 3.37. The number of Topliss-reactive ketones (excluding diaryl/α,β-unsaturated/α-hetero) is 1. The Morgan fingerprint density at radius 1 is 1.07 bits per heavy atom. The fraction of sp³-hybridized carbons (Fsp3) is 0.207. The minimum atomic E-state index is -0.693. The third kappa shape index (κ3) is 6.12. The molecule has 210 valence electrons. The van der Waals surface area contributed by atoms with Crippen molar-refractivity contribution in [3.63, 3.8) is 0 Å². The number of benzene rings is 2. The second-order valence-corrected chi connectivity index (χ2v) is 9.21. The number of nitrogens with one attached hydrogen (secondary N) is 2. The van der Waals surface area contributed by atoms with E-state index in [1.165, 1.54) is 54.9 Å². The van der Waals surface area contributed by atoms with Crippen LogP contribution in [0.4, 0.5) is 14.6 Å². The predicted octanol–water partition coefficient (Wildman–Crippen LogP) is 4.84. The molecule has 0 unspecified atom stereocenters. The number of anilines is 1. The van der Waals surface area contributed by atoms with Crippen LogP contribution >= 0.6 is 0 Å². The van der Waals surface area contributed by atoms with E-state index >= 15 is 4.39 Å². The summed E-state index contributed by atoms with van der Waals surface area (Å²) in [5.41, 5.74) is 0.331. The number of carbonyl (C=O) groups excluding carboxylic acids is 1. The van der Waals surface area contributed by atoms with Crippen molar-refractivity contribution in [3.05, 3.63) is 100 Å². The van der Waals surface area contributed by atoms with Crippen molar-refractivity contribution in [1.29, 1.82) is 0 Å². The van der Waals surface area contributed by atoms with Gasteiger partial charge in [0.25, 0.3) is 5.56 Å². The Kier molecular flexibility index (Phi) is 8.11. The van der Waals surface area contributed by atoms with Crippen LogP contribution in [-0.4, -0.2) is 50.0 Å². The molecule has 3 aromatic heterocycles. The van der Waals surface area contributed by atoms with E-state index in [0.717, 1.165) is 4.68 Å². The van der Waals surface area contributed by atoms with Gasteiger partial charge in [-0.3, -0.25) is 14.7 Å². The van der Waals surface area contributed by atoms with Crippen molar-refractivity contribution in [2.24, 2.45) is 0 Å². The number of halogens is 2. The van der Waals surface area contributed by atoms with E-state index in [2.05, 4.69) is 25.6 Å². The SMILES string of the molecule is CCOC[C@H](C)Nc1n[nH]c2nccc(Oc3ccc(CC(=O)c4ccnn(-c5ccc(F)cc5)c4=O)cc3F)c12. The lowest BCUT2D eigenvalue weighted by molar-refractivity contribution is 0.0991. The lowest BCUT2D eigenvalue weighted by Gasteiger charge is -2.14. The Balaban J connectivity index is 1.34. The highest BCUT2D eigenvalue weighted by Crippen LogP contribution is 2.34. The summed E-state index contributed by atoms with van der Waals surface area (Å²) in [6.45, 7) is 4.90. The van der Waals surface area contributed by atoms with Crippen LogP contribution in [-0.2, 0) is 11.2 Å². The Labute approximate surface area is 233 Å². The van der Waals surface area contributed by atoms with E-state index in [-0.39, 0.29) is 23.8 Å².